The van der Waals surface area contributed by atoms with Crippen molar-refractivity contribution < 1.29 is 24.2 Å². The van der Waals surface area contributed by atoms with E-state index in [0.29, 0.717) is 26.2 Å². The van der Waals surface area contributed by atoms with E-state index in [1.807, 2.05) is 30.0 Å². The van der Waals surface area contributed by atoms with Crippen LogP contribution in [-0.4, -0.2) is 79.8 Å². The highest BCUT2D eigenvalue weighted by Gasteiger charge is 2.48. The van der Waals surface area contributed by atoms with Gasteiger partial charge in [-0.05, 0) is 44.0 Å². The molecular formula is C21H30N2O5. The molecule has 1 aliphatic carbocycles. The molecule has 7 nitrogen and oxygen atoms in total. The van der Waals surface area contributed by atoms with Crippen LogP contribution in [0.5, 0.6) is 5.75 Å². The number of benzene rings is 1. The van der Waals surface area contributed by atoms with Gasteiger partial charge in [-0.25, -0.2) is 0 Å². The number of carbonyl (C=O) groups excluding carboxylic acids is 1. The molecule has 3 rings (SSSR count). The number of carboxylic acids is 1. The summed E-state index contributed by atoms with van der Waals surface area (Å²) in [7, 11) is 3.41. The Hall–Kier alpha value is -2.12. The predicted molar refractivity (Wildman–Crippen MR) is 105 cm³/mol. The van der Waals surface area contributed by atoms with Crippen molar-refractivity contribution in [1.82, 2.24) is 9.80 Å². The van der Waals surface area contributed by atoms with Crippen molar-refractivity contribution in [1.29, 1.82) is 0 Å². The van der Waals surface area contributed by atoms with Gasteiger partial charge in [0, 0.05) is 19.6 Å². The minimum absolute atomic E-state index is 0.0408. The zero-order valence-electron chi connectivity index (χ0n) is 16.9. The van der Waals surface area contributed by atoms with Gasteiger partial charge in [-0.1, -0.05) is 18.6 Å². The summed E-state index contributed by atoms with van der Waals surface area (Å²) in [6.07, 6.45) is 2.56. The number of hydrogen-bond donors (Lipinski definition) is 1. The summed E-state index contributed by atoms with van der Waals surface area (Å²) in [4.78, 5) is 28.0. The summed E-state index contributed by atoms with van der Waals surface area (Å²) < 4.78 is 11.3. The first-order valence-electron chi connectivity index (χ1n) is 9.82. The molecule has 7 heteroatoms. The molecule has 1 heterocycles. The van der Waals surface area contributed by atoms with Gasteiger partial charge in [-0.3, -0.25) is 14.5 Å². The second-order valence-electron chi connectivity index (χ2n) is 7.95. The van der Waals surface area contributed by atoms with Crippen molar-refractivity contribution in [3.05, 3.63) is 29.3 Å². The summed E-state index contributed by atoms with van der Waals surface area (Å²) in [6.45, 7) is 3.99. The number of rotatable bonds is 7. The van der Waals surface area contributed by atoms with Crippen LogP contribution in [0.3, 0.4) is 0 Å². The Labute approximate surface area is 166 Å². The fourth-order valence-electron chi connectivity index (χ4n) is 4.23. The lowest BCUT2D eigenvalue weighted by molar-refractivity contribution is -0.150. The summed E-state index contributed by atoms with van der Waals surface area (Å²) in [5.74, 6) is 0.0959. The number of amides is 1. The summed E-state index contributed by atoms with van der Waals surface area (Å²) in [5, 5.41) is 8.93. The van der Waals surface area contributed by atoms with E-state index < -0.39 is 11.4 Å². The number of methoxy groups -OCH3 is 1. The van der Waals surface area contributed by atoms with Gasteiger partial charge >= 0.3 is 5.97 Å². The number of aliphatic carboxylic acids is 1. The molecule has 0 radical (unpaired) electrons. The maximum Gasteiger partial charge on any atom is 0.317 e. The highest BCUT2D eigenvalue weighted by molar-refractivity contribution is 5.89. The lowest BCUT2D eigenvalue weighted by atomic mass is 9.63. The standard InChI is InChI=1S/C21H30N2O5/c1-15-5-6-16(11-18(15)27-3)21(7-4-8-21)20(26)23-9-10-28-17(13-23)12-22(2)14-19(24)25/h5-6,11,17H,4,7-10,12-14H2,1-3H3,(H,24,25). The van der Waals surface area contributed by atoms with E-state index in [9.17, 15) is 9.59 Å². The molecule has 2 fully saturated rings. The Balaban J connectivity index is 1.73. The first-order valence-corrected chi connectivity index (χ1v) is 9.82. The quantitative estimate of drug-likeness (QED) is 0.763. The highest BCUT2D eigenvalue weighted by atomic mass is 16.5. The molecule has 1 unspecified atom stereocenters. The van der Waals surface area contributed by atoms with Crippen molar-refractivity contribution in [3.8, 4) is 5.75 Å². The monoisotopic (exact) mass is 390 g/mol. The summed E-state index contributed by atoms with van der Waals surface area (Å²) >= 11 is 0. The predicted octanol–water partition coefficient (Wildman–Crippen LogP) is 1.67. The van der Waals surface area contributed by atoms with Crippen molar-refractivity contribution in [2.24, 2.45) is 0 Å². The largest absolute Gasteiger partial charge is 0.496 e. The molecule has 0 spiro atoms. The number of aryl methyl sites for hydroxylation is 1. The zero-order chi connectivity index (χ0) is 20.3. The van der Waals surface area contributed by atoms with Crippen LogP contribution < -0.4 is 4.74 Å². The fourth-order valence-corrected chi connectivity index (χ4v) is 4.23. The second kappa shape index (κ2) is 8.49. The normalized spacial score (nSPS) is 21.3. The number of nitrogens with zero attached hydrogens (tertiary/aromatic N) is 2. The minimum atomic E-state index is -0.868. The first kappa shape index (κ1) is 20.6. The van der Waals surface area contributed by atoms with Crippen LogP contribution in [0.25, 0.3) is 0 Å². The topological polar surface area (TPSA) is 79.3 Å². The molecule has 1 aromatic carbocycles. The van der Waals surface area contributed by atoms with Gasteiger partial charge in [0.25, 0.3) is 0 Å². The molecule has 1 aromatic rings. The molecule has 1 saturated carbocycles. The molecule has 2 aliphatic rings. The molecule has 28 heavy (non-hydrogen) atoms. The molecule has 0 aromatic heterocycles. The average Bonchev–Trinajstić information content (AvgIpc) is 2.61. The number of morpholine rings is 1. The zero-order valence-corrected chi connectivity index (χ0v) is 16.9. The molecule has 1 atom stereocenters. The third kappa shape index (κ3) is 4.15. The number of likely N-dealkylation sites (N-methyl/N-ethyl adjacent to an activating group) is 1. The molecule has 1 saturated heterocycles. The Kier molecular flexibility index (Phi) is 6.25. The van der Waals surface area contributed by atoms with Crippen molar-refractivity contribution in [2.75, 3.05) is 46.9 Å². The van der Waals surface area contributed by atoms with Gasteiger partial charge < -0.3 is 19.5 Å². The second-order valence-corrected chi connectivity index (χ2v) is 7.95. The SMILES string of the molecule is COc1cc(C2(C(=O)N3CCOC(CN(C)CC(=O)O)C3)CCC2)ccc1C. The number of hydrogen-bond acceptors (Lipinski definition) is 5. The first-order chi connectivity index (χ1) is 13.4. The molecular weight excluding hydrogens is 360 g/mol. The van der Waals surface area contributed by atoms with E-state index in [4.69, 9.17) is 14.6 Å². The lowest BCUT2D eigenvalue weighted by Gasteiger charge is -2.46. The van der Waals surface area contributed by atoms with E-state index in [0.717, 1.165) is 36.1 Å². The van der Waals surface area contributed by atoms with Crippen LogP contribution in [0, 0.1) is 6.92 Å². The Bertz CT molecular complexity index is 732. The van der Waals surface area contributed by atoms with Gasteiger partial charge in [0.15, 0.2) is 0 Å². The molecule has 1 amide bonds. The Morgan fingerprint density at radius 3 is 2.75 bits per heavy atom. The van der Waals surface area contributed by atoms with Crippen molar-refractivity contribution in [2.45, 2.75) is 37.7 Å². The summed E-state index contributed by atoms with van der Waals surface area (Å²) in [5.41, 5.74) is 1.61. The van der Waals surface area contributed by atoms with Gasteiger partial charge in [-0.15, -0.1) is 0 Å². The third-order valence-electron chi connectivity index (χ3n) is 5.92. The van der Waals surface area contributed by atoms with Gasteiger partial charge in [0.05, 0.1) is 31.8 Å². The average molecular weight is 390 g/mol. The summed E-state index contributed by atoms with van der Waals surface area (Å²) in [6, 6.07) is 6.07. The number of carbonyl (C=O) groups is 2. The number of carboxylic acid groups (broad SMARTS) is 1. The number of ether oxygens (including phenoxy) is 2. The third-order valence-corrected chi connectivity index (χ3v) is 5.92. The van der Waals surface area contributed by atoms with Crippen LogP contribution in [0.1, 0.15) is 30.4 Å². The lowest BCUT2D eigenvalue weighted by Crippen LogP contribution is -2.57. The van der Waals surface area contributed by atoms with E-state index in [-0.39, 0.29) is 18.6 Å². The van der Waals surface area contributed by atoms with Crippen LogP contribution in [0.15, 0.2) is 18.2 Å². The Morgan fingerprint density at radius 1 is 1.39 bits per heavy atom. The smallest absolute Gasteiger partial charge is 0.317 e. The Morgan fingerprint density at radius 2 is 2.14 bits per heavy atom. The maximum atomic E-state index is 13.5. The van der Waals surface area contributed by atoms with E-state index in [2.05, 4.69) is 0 Å². The van der Waals surface area contributed by atoms with Crippen LogP contribution >= 0.6 is 0 Å². The van der Waals surface area contributed by atoms with Gasteiger partial charge in [0.1, 0.15) is 5.75 Å². The minimum Gasteiger partial charge on any atom is -0.496 e. The van der Waals surface area contributed by atoms with E-state index in [1.165, 1.54) is 0 Å². The molecule has 1 N–H and O–H groups in total. The highest BCUT2D eigenvalue weighted by Crippen LogP contribution is 2.46. The van der Waals surface area contributed by atoms with Crippen LogP contribution in [0.4, 0.5) is 0 Å². The molecule has 0 bridgehead atoms. The van der Waals surface area contributed by atoms with Crippen molar-refractivity contribution >= 4 is 11.9 Å². The molecule has 154 valence electrons. The van der Waals surface area contributed by atoms with E-state index in [1.54, 1.807) is 19.1 Å². The fraction of sp³-hybridized carbons (Fsp3) is 0.619. The molecule has 1 aliphatic heterocycles. The van der Waals surface area contributed by atoms with E-state index >= 15 is 0 Å². The van der Waals surface area contributed by atoms with Crippen molar-refractivity contribution in [3.63, 3.8) is 0 Å². The van der Waals surface area contributed by atoms with Crippen LogP contribution in [0.2, 0.25) is 0 Å². The van der Waals surface area contributed by atoms with Gasteiger partial charge in [-0.2, -0.15) is 0 Å². The van der Waals surface area contributed by atoms with Gasteiger partial charge in [0.2, 0.25) is 5.91 Å². The van der Waals surface area contributed by atoms with Crippen LogP contribution in [-0.2, 0) is 19.7 Å². The maximum absolute atomic E-state index is 13.5.